The van der Waals surface area contributed by atoms with Gasteiger partial charge in [0.25, 0.3) is 0 Å². The van der Waals surface area contributed by atoms with Crippen molar-refractivity contribution in [2.45, 2.75) is 83.6 Å². The van der Waals surface area contributed by atoms with Crippen molar-refractivity contribution in [1.82, 2.24) is 0 Å². The van der Waals surface area contributed by atoms with Crippen LogP contribution < -0.4 is 40.4 Å². The summed E-state index contributed by atoms with van der Waals surface area (Å²) in [5.74, 6) is -1.93. The molecule has 1 unspecified atom stereocenters. The van der Waals surface area contributed by atoms with Gasteiger partial charge in [0.05, 0.1) is 5.97 Å². The number of ketones is 1. The maximum absolute atomic E-state index is 11.6. The number of carbonyl (C=O) groups is 2. The summed E-state index contributed by atoms with van der Waals surface area (Å²) >= 11 is 0. The second-order valence-electron chi connectivity index (χ2n) is 5.49. The molecule has 0 amide bonds. The van der Waals surface area contributed by atoms with Gasteiger partial charge < -0.3 is 15.6 Å². The summed E-state index contributed by atoms with van der Waals surface area (Å²) < 4.78 is 0. The number of hydrogen-bond donors (Lipinski definition) is 1. The topological polar surface area (TPSA) is 83.2 Å². The predicted molar refractivity (Wildman–Crippen MR) is 74.5 cm³/mol. The Morgan fingerprint density at radius 3 is 1.75 bits per heavy atom. The molecule has 0 saturated carbocycles. The van der Waals surface area contributed by atoms with Crippen molar-refractivity contribution in [3.63, 3.8) is 0 Å². The van der Waals surface area contributed by atoms with Crippen LogP contribution in [0.5, 0.6) is 0 Å². The van der Waals surface area contributed by atoms with Crippen LogP contribution in [0.25, 0.3) is 0 Å². The molecule has 0 aliphatic heterocycles. The fourth-order valence-electron chi connectivity index (χ4n) is 1.97. The molecule has 5 heteroatoms. The maximum atomic E-state index is 11.6. The summed E-state index contributed by atoms with van der Waals surface area (Å²) in [6, 6.07) is 0. The van der Waals surface area contributed by atoms with Gasteiger partial charge in [-0.15, -0.1) is 0 Å². The Labute approximate surface area is 145 Å². The molecule has 0 radical (unpaired) electrons. The molecule has 0 aromatic heterocycles. The first kappa shape index (κ1) is 22.4. The van der Waals surface area contributed by atoms with E-state index >= 15 is 0 Å². The van der Waals surface area contributed by atoms with Gasteiger partial charge in [-0.25, -0.2) is 0 Å². The zero-order chi connectivity index (χ0) is 14.7. The number of nitrogens with two attached hydrogens (primary N) is 1. The van der Waals surface area contributed by atoms with E-state index in [1.54, 1.807) is 0 Å². The third-order valence-electron chi connectivity index (χ3n) is 3.51. The molecule has 0 bridgehead atoms. The van der Waals surface area contributed by atoms with E-state index in [4.69, 9.17) is 5.73 Å². The summed E-state index contributed by atoms with van der Waals surface area (Å²) in [4.78, 5) is 22.2. The molecular weight excluding hydrogens is 265 g/mol. The van der Waals surface area contributed by atoms with Gasteiger partial charge in [-0.1, -0.05) is 58.3 Å². The Kier molecular flexibility index (Phi) is 14.3. The van der Waals surface area contributed by atoms with Crippen LogP contribution in [-0.2, 0) is 9.59 Å². The number of carboxylic acid groups (broad SMARTS) is 1. The van der Waals surface area contributed by atoms with Crippen LogP contribution in [0, 0.1) is 0 Å². The van der Waals surface area contributed by atoms with Gasteiger partial charge in [-0.05, 0) is 13.3 Å². The van der Waals surface area contributed by atoms with E-state index in [9.17, 15) is 14.7 Å². The van der Waals surface area contributed by atoms with Crippen LogP contribution in [0.2, 0.25) is 0 Å². The maximum Gasteiger partial charge on any atom is 1.00 e. The van der Waals surface area contributed by atoms with Crippen molar-refractivity contribution in [2.24, 2.45) is 5.73 Å². The van der Waals surface area contributed by atoms with Gasteiger partial charge in [-0.2, -0.15) is 0 Å². The second-order valence-corrected chi connectivity index (χ2v) is 5.49. The molecule has 0 aromatic rings. The predicted octanol–water partition coefficient (Wildman–Crippen LogP) is -1.05. The fraction of sp³-hybridized carbons (Fsp3) is 0.867. The first-order valence-corrected chi connectivity index (χ1v) is 7.46. The largest absolute Gasteiger partial charge is 1.00 e. The summed E-state index contributed by atoms with van der Waals surface area (Å²) in [5, 5.41) is 10.7. The van der Waals surface area contributed by atoms with Crippen LogP contribution in [0.4, 0.5) is 0 Å². The van der Waals surface area contributed by atoms with E-state index in [-0.39, 0.29) is 36.0 Å². The van der Waals surface area contributed by atoms with Gasteiger partial charge in [0, 0.05) is 6.42 Å². The van der Waals surface area contributed by atoms with Crippen molar-refractivity contribution in [3.8, 4) is 0 Å². The second kappa shape index (κ2) is 12.8. The van der Waals surface area contributed by atoms with Crippen molar-refractivity contribution < 1.29 is 44.3 Å². The Morgan fingerprint density at radius 2 is 1.35 bits per heavy atom. The minimum atomic E-state index is -1.83. The summed E-state index contributed by atoms with van der Waals surface area (Å²) in [5.41, 5.74) is 3.57. The van der Waals surface area contributed by atoms with Crippen molar-refractivity contribution in [3.05, 3.63) is 0 Å². The number of carbonyl (C=O) groups excluding carboxylic acids is 2. The number of aliphatic carboxylic acids is 1. The first-order valence-electron chi connectivity index (χ1n) is 7.46. The first-order chi connectivity index (χ1) is 8.92. The average Bonchev–Trinajstić information content (AvgIpc) is 2.36. The van der Waals surface area contributed by atoms with E-state index in [1.807, 2.05) is 0 Å². The molecule has 20 heavy (non-hydrogen) atoms. The van der Waals surface area contributed by atoms with Gasteiger partial charge in [0.1, 0.15) is 5.54 Å². The molecule has 1 atom stereocenters. The molecule has 0 saturated heterocycles. The molecule has 0 rings (SSSR count). The van der Waals surface area contributed by atoms with Crippen LogP contribution in [0.3, 0.4) is 0 Å². The molecule has 0 heterocycles. The van der Waals surface area contributed by atoms with Gasteiger partial charge in [-0.3, -0.25) is 4.79 Å². The van der Waals surface area contributed by atoms with E-state index in [2.05, 4.69) is 6.92 Å². The zero-order valence-corrected chi connectivity index (χ0v) is 15.4. The van der Waals surface area contributed by atoms with Crippen molar-refractivity contribution >= 4 is 11.8 Å². The van der Waals surface area contributed by atoms with Gasteiger partial charge in [0.15, 0.2) is 5.78 Å². The molecule has 2 N–H and O–H groups in total. The molecule has 0 fully saturated rings. The number of hydrogen-bond acceptors (Lipinski definition) is 4. The summed E-state index contributed by atoms with van der Waals surface area (Å²) in [6.07, 6.45) is 10.6. The Hall–Kier alpha value is 0.100. The molecule has 0 aromatic carbocycles. The Morgan fingerprint density at radius 1 is 0.950 bits per heavy atom. The fourth-order valence-corrected chi connectivity index (χ4v) is 1.97. The standard InChI is InChI=1S/C15H29NO3.Na/c1-3-4-5-6-7-8-9-10-11-12-13(17)15(2,16)14(18)19;/h3-12,16H2,1-2H3,(H,18,19);/q;+1/p-1. The monoisotopic (exact) mass is 293 g/mol. The van der Waals surface area contributed by atoms with Gasteiger partial charge >= 0.3 is 29.6 Å². The molecule has 0 aliphatic carbocycles. The summed E-state index contributed by atoms with van der Waals surface area (Å²) in [6.45, 7) is 3.41. The zero-order valence-electron chi connectivity index (χ0n) is 13.4. The van der Waals surface area contributed by atoms with Crippen LogP contribution in [-0.4, -0.2) is 17.3 Å². The van der Waals surface area contributed by atoms with E-state index in [1.165, 1.54) is 45.4 Å². The number of unbranched alkanes of at least 4 members (excludes halogenated alkanes) is 8. The van der Waals surface area contributed by atoms with E-state index < -0.39 is 17.3 Å². The van der Waals surface area contributed by atoms with Crippen LogP contribution in [0.15, 0.2) is 0 Å². The van der Waals surface area contributed by atoms with Crippen LogP contribution >= 0.6 is 0 Å². The molecule has 112 valence electrons. The quantitative estimate of drug-likeness (QED) is 0.283. The number of carboxylic acids is 1. The third kappa shape index (κ3) is 9.92. The minimum absolute atomic E-state index is 0. The molecule has 0 spiro atoms. The third-order valence-corrected chi connectivity index (χ3v) is 3.51. The van der Waals surface area contributed by atoms with Crippen molar-refractivity contribution in [1.29, 1.82) is 0 Å². The van der Waals surface area contributed by atoms with E-state index in [0.717, 1.165) is 12.8 Å². The Bertz CT molecular complexity index is 280. The average molecular weight is 293 g/mol. The van der Waals surface area contributed by atoms with Crippen molar-refractivity contribution in [2.75, 3.05) is 0 Å². The summed E-state index contributed by atoms with van der Waals surface area (Å²) in [7, 11) is 0. The molecular formula is C15H28NNaO3. The van der Waals surface area contributed by atoms with E-state index in [0.29, 0.717) is 6.42 Å². The number of Topliss-reactive ketones (excluding diaryl/α,β-unsaturated/α-hetero) is 1. The van der Waals surface area contributed by atoms with Crippen LogP contribution in [0.1, 0.15) is 78.1 Å². The molecule has 0 aliphatic rings. The van der Waals surface area contributed by atoms with Gasteiger partial charge in [0.2, 0.25) is 0 Å². The smallest absolute Gasteiger partial charge is 0.548 e. The SMILES string of the molecule is CCCCCCCCCCCC(=O)C(C)(N)C(=O)[O-].[Na+]. The normalized spacial score (nSPS) is 13.3. The Balaban J connectivity index is 0. The minimum Gasteiger partial charge on any atom is -0.548 e. The number of rotatable bonds is 12. The molecule has 4 nitrogen and oxygen atoms in total.